The molecule has 320 valence electrons. The van der Waals surface area contributed by atoms with E-state index in [1.807, 2.05) is 0 Å². The van der Waals surface area contributed by atoms with Crippen molar-refractivity contribution < 1.29 is 0 Å². The molecule has 0 saturated carbocycles. The maximum absolute atomic E-state index is 2.47. The van der Waals surface area contributed by atoms with Crippen LogP contribution in [0.3, 0.4) is 0 Å². The van der Waals surface area contributed by atoms with Gasteiger partial charge in [-0.2, -0.15) is 0 Å². The van der Waals surface area contributed by atoms with Gasteiger partial charge in [0.15, 0.2) is 0 Å². The molecule has 0 saturated heterocycles. The largest absolute Gasteiger partial charge is 0.309 e. The van der Waals surface area contributed by atoms with Crippen LogP contribution in [0.5, 0.6) is 0 Å². The van der Waals surface area contributed by atoms with E-state index in [0.717, 1.165) is 67.2 Å². The third kappa shape index (κ3) is 7.64. The minimum absolute atomic E-state index is 1.08. The highest BCUT2D eigenvalue weighted by molar-refractivity contribution is 6.08. The Morgan fingerprint density at radius 2 is 0.500 bits per heavy atom. The standard InChI is InChI=1S/C66H46N2/c1-5-19-47(20-6-1)49-35-39-57(40-36-49)67(63-33-17-29-51-27-13-15-31-59(51)63)65-45-56-46-66(62(54-25-11-4-12-26-54)44-55(56)43-61(65)53-23-9-3-10-24-53)68(64-34-18-30-52-28-14-16-32-60(52)64)58-41-37-50(38-42-58)48-21-7-2-8-22-48/h1-46H. The Bertz CT molecular complexity index is 3440. The molecular formula is C66H46N2. The van der Waals surface area contributed by atoms with Crippen molar-refractivity contribution in [3.8, 4) is 44.5 Å². The lowest BCUT2D eigenvalue weighted by Gasteiger charge is -2.31. The molecule has 12 aromatic carbocycles. The first-order valence-electron chi connectivity index (χ1n) is 23.3. The zero-order valence-corrected chi connectivity index (χ0v) is 37.5. The smallest absolute Gasteiger partial charge is 0.0546 e. The predicted octanol–water partition coefficient (Wildman–Crippen LogP) is 18.8. The van der Waals surface area contributed by atoms with Crippen LogP contribution in [0.15, 0.2) is 279 Å². The molecule has 0 aliphatic heterocycles. The van der Waals surface area contributed by atoms with E-state index in [1.165, 1.54) is 43.8 Å². The van der Waals surface area contributed by atoms with Crippen LogP contribution in [0.25, 0.3) is 76.8 Å². The Morgan fingerprint density at radius 3 is 0.897 bits per heavy atom. The van der Waals surface area contributed by atoms with E-state index in [2.05, 4.69) is 289 Å². The van der Waals surface area contributed by atoms with Crippen molar-refractivity contribution in [1.82, 2.24) is 0 Å². The molecule has 0 N–H and O–H groups in total. The van der Waals surface area contributed by atoms with E-state index in [9.17, 15) is 0 Å². The predicted molar refractivity (Wildman–Crippen MR) is 290 cm³/mol. The number of rotatable bonds is 10. The number of nitrogens with zero attached hydrogens (tertiary/aromatic N) is 2. The molecular weight excluding hydrogens is 821 g/mol. The summed E-state index contributed by atoms with van der Waals surface area (Å²) in [4.78, 5) is 4.93. The van der Waals surface area contributed by atoms with Gasteiger partial charge < -0.3 is 9.80 Å². The summed E-state index contributed by atoms with van der Waals surface area (Å²) in [5.74, 6) is 0. The fraction of sp³-hybridized carbons (Fsp3) is 0. The van der Waals surface area contributed by atoms with Crippen molar-refractivity contribution in [3.05, 3.63) is 279 Å². The molecule has 0 unspecified atom stereocenters. The first-order valence-corrected chi connectivity index (χ1v) is 23.3. The van der Waals surface area contributed by atoms with Gasteiger partial charge in [-0.1, -0.05) is 218 Å². The van der Waals surface area contributed by atoms with E-state index in [0.29, 0.717) is 0 Å². The SMILES string of the molecule is c1ccc(-c2ccc(N(c3cc4cc(N(c5ccc(-c6ccccc6)cc5)c5cccc6ccccc56)c(-c5ccccc5)cc4cc3-c3ccccc3)c3cccc4ccccc34)cc2)cc1. The molecule has 0 heterocycles. The van der Waals surface area contributed by atoms with Gasteiger partial charge in [0.1, 0.15) is 0 Å². The Hall–Kier alpha value is -8.98. The molecule has 12 aromatic rings. The van der Waals surface area contributed by atoms with Crippen LogP contribution in [0.4, 0.5) is 34.1 Å². The van der Waals surface area contributed by atoms with Gasteiger partial charge in [0.25, 0.3) is 0 Å². The van der Waals surface area contributed by atoms with Crippen LogP contribution >= 0.6 is 0 Å². The highest BCUT2D eigenvalue weighted by Gasteiger charge is 2.24. The number of fused-ring (bicyclic) bond motifs is 3. The molecule has 0 spiro atoms. The Labute approximate surface area is 397 Å². The summed E-state index contributed by atoms with van der Waals surface area (Å²) in [6.07, 6.45) is 0. The summed E-state index contributed by atoms with van der Waals surface area (Å²) < 4.78 is 0. The summed E-state index contributed by atoms with van der Waals surface area (Å²) in [6.45, 7) is 0. The van der Waals surface area contributed by atoms with Crippen LogP contribution in [-0.2, 0) is 0 Å². The van der Waals surface area contributed by atoms with E-state index < -0.39 is 0 Å². The van der Waals surface area contributed by atoms with Crippen molar-refractivity contribution in [3.63, 3.8) is 0 Å². The van der Waals surface area contributed by atoms with E-state index in [4.69, 9.17) is 0 Å². The number of hydrogen-bond acceptors (Lipinski definition) is 2. The molecule has 0 fully saturated rings. The molecule has 0 aliphatic rings. The van der Waals surface area contributed by atoms with Crippen molar-refractivity contribution in [2.75, 3.05) is 9.80 Å². The Morgan fingerprint density at radius 1 is 0.191 bits per heavy atom. The molecule has 0 bridgehead atoms. The van der Waals surface area contributed by atoms with E-state index >= 15 is 0 Å². The topological polar surface area (TPSA) is 6.48 Å². The molecule has 68 heavy (non-hydrogen) atoms. The van der Waals surface area contributed by atoms with Crippen molar-refractivity contribution in [2.24, 2.45) is 0 Å². The average molecular weight is 867 g/mol. The Kier molecular flexibility index (Phi) is 10.6. The second-order valence-corrected chi connectivity index (χ2v) is 17.3. The second-order valence-electron chi connectivity index (χ2n) is 17.3. The maximum Gasteiger partial charge on any atom is 0.0546 e. The van der Waals surface area contributed by atoms with Crippen molar-refractivity contribution in [1.29, 1.82) is 0 Å². The molecule has 0 aromatic heterocycles. The Balaban J connectivity index is 1.14. The van der Waals surface area contributed by atoms with Gasteiger partial charge in [-0.25, -0.2) is 0 Å². The summed E-state index contributed by atoms with van der Waals surface area (Å²) in [7, 11) is 0. The maximum atomic E-state index is 2.47. The molecule has 0 radical (unpaired) electrons. The fourth-order valence-corrected chi connectivity index (χ4v) is 9.88. The number of benzene rings is 12. The molecule has 0 aliphatic carbocycles. The van der Waals surface area contributed by atoms with Gasteiger partial charge in [-0.05, 0) is 116 Å². The van der Waals surface area contributed by atoms with Crippen LogP contribution in [0.2, 0.25) is 0 Å². The summed E-state index contributed by atoms with van der Waals surface area (Å²) in [6, 6.07) is 101. The lowest BCUT2D eigenvalue weighted by molar-refractivity contribution is 1.29. The third-order valence-corrected chi connectivity index (χ3v) is 13.2. The molecule has 0 atom stereocenters. The van der Waals surface area contributed by atoms with Crippen LogP contribution in [0.1, 0.15) is 0 Å². The lowest BCUT2D eigenvalue weighted by atomic mass is 9.92. The average Bonchev–Trinajstić information content (AvgIpc) is 3.42. The molecule has 12 rings (SSSR count). The van der Waals surface area contributed by atoms with Gasteiger partial charge >= 0.3 is 0 Å². The quantitative estimate of drug-likeness (QED) is 0.135. The van der Waals surface area contributed by atoms with Crippen LogP contribution < -0.4 is 9.80 Å². The van der Waals surface area contributed by atoms with Crippen molar-refractivity contribution >= 4 is 66.4 Å². The molecule has 0 amide bonds. The number of hydrogen-bond donors (Lipinski definition) is 0. The lowest BCUT2D eigenvalue weighted by Crippen LogP contribution is -2.13. The zero-order valence-electron chi connectivity index (χ0n) is 37.5. The van der Waals surface area contributed by atoms with Crippen LogP contribution in [-0.4, -0.2) is 0 Å². The minimum atomic E-state index is 1.08. The second kappa shape index (κ2) is 17.8. The first kappa shape index (κ1) is 40.5. The molecule has 2 heteroatoms. The zero-order chi connectivity index (χ0) is 45.2. The summed E-state index contributed by atoms with van der Waals surface area (Å²) in [5, 5.41) is 7.04. The monoisotopic (exact) mass is 866 g/mol. The highest BCUT2D eigenvalue weighted by Crippen LogP contribution is 2.49. The minimum Gasteiger partial charge on any atom is -0.309 e. The van der Waals surface area contributed by atoms with Gasteiger partial charge in [-0.15, -0.1) is 0 Å². The third-order valence-electron chi connectivity index (χ3n) is 13.2. The van der Waals surface area contributed by atoms with Gasteiger partial charge in [0, 0.05) is 33.3 Å². The first-order chi connectivity index (χ1) is 33.7. The van der Waals surface area contributed by atoms with Gasteiger partial charge in [0.05, 0.1) is 22.7 Å². The van der Waals surface area contributed by atoms with Crippen LogP contribution in [0, 0.1) is 0 Å². The van der Waals surface area contributed by atoms with Gasteiger partial charge in [-0.3, -0.25) is 0 Å². The summed E-state index contributed by atoms with van der Waals surface area (Å²) in [5.41, 5.74) is 15.9. The fourth-order valence-electron chi connectivity index (χ4n) is 9.88. The van der Waals surface area contributed by atoms with E-state index in [1.54, 1.807) is 0 Å². The highest BCUT2D eigenvalue weighted by atomic mass is 15.2. The van der Waals surface area contributed by atoms with E-state index in [-0.39, 0.29) is 0 Å². The number of anilines is 6. The molecule has 2 nitrogen and oxygen atoms in total. The van der Waals surface area contributed by atoms with Crippen molar-refractivity contribution in [2.45, 2.75) is 0 Å². The normalized spacial score (nSPS) is 11.2. The summed E-state index contributed by atoms with van der Waals surface area (Å²) >= 11 is 0. The van der Waals surface area contributed by atoms with Gasteiger partial charge in [0.2, 0.25) is 0 Å².